The predicted octanol–water partition coefficient (Wildman–Crippen LogP) is 0.250. The minimum absolute atomic E-state index is 0.324. The number of carbonyl (C=O) groups is 1. The largest absolute Gasteiger partial charge is 0.465 e. The second-order valence-electron chi connectivity index (χ2n) is 2.38. The molecule has 0 saturated carbocycles. The van der Waals surface area contributed by atoms with Crippen LogP contribution in [0, 0.1) is 0 Å². The number of hydrogen-bond acceptors (Lipinski definition) is 3. The Bertz CT molecular complexity index is 269. The molecule has 0 unspecified atom stereocenters. The smallest absolute Gasteiger partial charge is 0.411 e. The van der Waals surface area contributed by atoms with E-state index in [4.69, 9.17) is 9.94 Å². The Morgan fingerprint density at radius 3 is 3.27 bits per heavy atom. The first-order valence-electron chi connectivity index (χ1n) is 3.17. The van der Waals surface area contributed by atoms with E-state index in [0.29, 0.717) is 13.2 Å². The minimum atomic E-state index is -0.949. The second-order valence-corrected chi connectivity index (χ2v) is 2.38. The van der Waals surface area contributed by atoms with Crippen molar-refractivity contribution in [2.75, 3.05) is 13.2 Å². The van der Waals surface area contributed by atoms with E-state index < -0.39 is 6.09 Å². The average molecular weight is 154 g/mol. The van der Waals surface area contributed by atoms with Crippen LogP contribution in [0.5, 0.6) is 0 Å². The van der Waals surface area contributed by atoms with E-state index in [1.807, 2.05) is 0 Å². The number of carboxylic acid groups (broad SMARTS) is 1. The fourth-order valence-electron chi connectivity index (χ4n) is 1.08. The van der Waals surface area contributed by atoms with Gasteiger partial charge in [0.1, 0.15) is 12.3 Å². The first kappa shape index (κ1) is 6.21. The van der Waals surface area contributed by atoms with Gasteiger partial charge in [-0.3, -0.25) is 4.90 Å². The molecular weight excluding hydrogens is 148 g/mol. The predicted molar refractivity (Wildman–Crippen MR) is 36.2 cm³/mol. The van der Waals surface area contributed by atoms with Gasteiger partial charge in [0.25, 0.3) is 0 Å². The summed E-state index contributed by atoms with van der Waals surface area (Å²) in [5.74, 6) is 0. The van der Waals surface area contributed by atoms with E-state index in [1.165, 1.54) is 4.90 Å². The highest BCUT2D eigenvalue weighted by atomic mass is 16.6. The summed E-state index contributed by atoms with van der Waals surface area (Å²) in [6, 6.07) is 0. The van der Waals surface area contributed by atoms with E-state index in [0.717, 1.165) is 11.3 Å². The van der Waals surface area contributed by atoms with Crippen molar-refractivity contribution in [3.05, 3.63) is 11.8 Å². The summed E-state index contributed by atoms with van der Waals surface area (Å²) in [5, 5.41) is 12.2. The molecule has 0 radical (unpaired) electrons. The first-order valence-corrected chi connectivity index (χ1v) is 3.17. The number of fused-ring (bicyclic) bond motifs is 1. The van der Waals surface area contributed by atoms with Crippen molar-refractivity contribution < 1.29 is 14.7 Å². The van der Waals surface area contributed by atoms with Crippen molar-refractivity contribution in [1.29, 1.82) is 0 Å². The molecule has 5 nitrogen and oxygen atoms in total. The quantitative estimate of drug-likeness (QED) is 0.544. The van der Waals surface area contributed by atoms with E-state index in [1.54, 1.807) is 6.20 Å². The molecular formula is C6H6N2O3. The standard InChI is InChI=1S/C6H6N2O3/c9-6(10)8-1-4-3-11-7-5(4)2-8/h1H,2-3H2,(H,9,10). The monoisotopic (exact) mass is 154 g/mol. The summed E-state index contributed by atoms with van der Waals surface area (Å²) >= 11 is 0. The van der Waals surface area contributed by atoms with E-state index in [9.17, 15) is 4.79 Å². The van der Waals surface area contributed by atoms with Crippen molar-refractivity contribution in [1.82, 2.24) is 4.90 Å². The highest BCUT2D eigenvalue weighted by molar-refractivity contribution is 6.06. The molecule has 1 N–H and O–H groups in total. The van der Waals surface area contributed by atoms with Crippen molar-refractivity contribution >= 4 is 11.8 Å². The minimum Gasteiger partial charge on any atom is -0.465 e. The Kier molecular flexibility index (Phi) is 1.12. The summed E-state index contributed by atoms with van der Waals surface area (Å²) in [4.78, 5) is 16.3. The average Bonchev–Trinajstić information content (AvgIpc) is 2.40. The zero-order chi connectivity index (χ0) is 7.84. The third-order valence-electron chi connectivity index (χ3n) is 1.64. The zero-order valence-electron chi connectivity index (χ0n) is 5.65. The van der Waals surface area contributed by atoms with Crippen LogP contribution < -0.4 is 0 Å². The molecule has 5 heteroatoms. The van der Waals surface area contributed by atoms with Gasteiger partial charge in [0.05, 0.1) is 6.54 Å². The third-order valence-corrected chi connectivity index (χ3v) is 1.64. The molecule has 0 aromatic rings. The molecule has 1 amide bonds. The Balaban J connectivity index is 2.21. The normalized spacial score (nSPS) is 20.5. The summed E-state index contributed by atoms with van der Waals surface area (Å²) in [6.07, 6.45) is 0.600. The first-order chi connectivity index (χ1) is 5.27. The van der Waals surface area contributed by atoms with Gasteiger partial charge in [-0.25, -0.2) is 4.79 Å². The lowest BCUT2D eigenvalue weighted by Gasteiger charge is -2.05. The van der Waals surface area contributed by atoms with Gasteiger partial charge in [-0.05, 0) is 0 Å². The van der Waals surface area contributed by atoms with Gasteiger partial charge in [-0.2, -0.15) is 0 Å². The van der Waals surface area contributed by atoms with Crippen molar-refractivity contribution in [2.45, 2.75) is 0 Å². The van der Waals surface area contributed by atoms with Crippen molar-refractivity contribution in [3.8, 4) is 0 Å². The lowest BCUT2D eigenvalue weighted by Crippen LogP contribution is -2.23. The molecule has 0 atom stereocenters. The second kappa shape index (κ2) is 1.98. The molecule has 2 aliphatic heterocycles. The number of amides is 1. The van der Waals surface area contributed by atoms with Crippen LogP contribution in [-0.4, -0.2) is 35.0 Å². The third kappa shape index (κ3) is 0.849. The van der Waals surface area contributed by atoms with E-state index in [2.05, 4.69) is 5.16 Å². The molecule has 0 bridgehead atoms. The van der Waals surface area contributed by atoms with Crippen LogP contribution in [0.1, 0.15) is 0 Å². The van der Waals surface area contributed by atoms with Gasteiger partial charge >= 0.3 is 6.09 Å². The molecule has 11 heavy (non-hydrogen) atoms. The number of hydrogen-bond donors (Lipinski definition) is 1. The number of rotatable bonds is 0. The topological polar surface area (TPSA) is 62.1 Å². The van der Waals surface area contributed by atoms with Crippen LogP contribution in [0.2, 0.25) is 0 Å². The summed E-state index contributed by atoms with van der Waals surface area (Å²) in [5.41, 5.74) is 1.60. The van der Waals surface area contributed by atoms with Gasteiger partial charge in [0, 0.05) is 11.8 Å². The van der Waals surface area contributed by atoms with Crippen LogP contribution in [0.15, 0.2) is 16.9 Å². The molecule has 0 aliphatic carbocycles. The maximum atomic E-state index is 10.4. The Hall–Kier alpha value is -1.52. The molecule has 0 fully saturated rings. The summed E-state index contributed by atoms with van der Waals surface area (Å²) in [7, 11) is 0. The fraction of sp³-hybridized carbons (Fsp3) is 0.333. The molecule has 0 saturated heterocycles. The van der Waals surface area contributed by atoms with Crippen LogP contribution >= 0.6 is 0 Å². The van der Waals surface area contributed by atoms with Crippen LogP contribution in [0.4, 0.5) is 4.79 Å². The van der Waals surface area contributed by atoms with Crippen LogP contribution in [0.3, 0.4) is 0 Å². The number of oxime groups is 1. The fourth-order valence-corrected chi connectivity index (χ4v) is 1.08. The Morgan fingerprint density at radius 2 is 2.64 bits per heavy atom. The molecule has 0 aromatic carbocycles. The van der Waals surface area contributed by atoms with Gasteiger partial charge in [-0.1, -0.05) is 5.16 Å². The lowest BCUT2D eigenvalue weighted by molar-refractivity contribution is 0.164. The van der Waals surface area contributed by atoms with Crippen LogP contribution in [0.25, 0.3) is 0 Å². The molecule has 0 spiro atoms. The molecule has 2 rings (SSSR count). The zero-order valence-corrected chi connectivity index (χ0v) is 5.65. The number of nitrogens with zero attached hydrogens (tertiary/aromatic N) is 2. The highest BCUT2D eigenvalue weighted by Gasteiger charge is 2.27. The lowest BCUT2D eigenvalue weighted by atomic mass is 10.2. The van der Waals surface area contributed by atoms with Crippen molar-refractivity contribution in [2.24, 2.45) is 5.16 Å². The Labute approximate surface area is 62.5 Å². The van der Waals surface area contributed by atoms with Gasteiger partial charge < -0.3 is 9.94 Å². The maximum Gasteiger partial charge on any atom is 0.411 e. The summed E-state index contributed by atoms with van der Waals surface area (Å²) in [6.45, 7) is 0.726. The van der Waals surface area contributed by atoms with E-state index >= 15 is 0 Å². The van der Waals surface area contributed by atoms with Gasteiger partial charge in [-0.15, -0.1) is 0 Å². The van der Waals surface area contributed by atoms with Crippen LogP contribution in [-0.2, 0) is 4.84 Å². The molecule has 0 aromatic heterocycles. The van der Waals surface area contributed by atoms with Gasteiger partial charge in [0.15, 0.2) is 0 Å². The maximum absolute atomic E-state index is 10.4. The molecule has 58 valence electrons. The SMILES string of the molecule is O=C(O)N1C=C2CON=C2C1. The van der Waals surface area contributed by atoms with E-state index in [-0.39, 0.29) is 0 Å². The summed E-state index contributed by atoms with van der Waals surface area (Å²) < 4.78 is 0. The van der Waals surface area contributed by atoms with Crippen molar-refractivity contribution in [3.63, 3.8) is 0 Å². The Morgan fingerprint density at radius 1 is 1.82 bits per heavy atom. The molecule has 2 heterocycles. The molecule has 2 aliphatic rings. The van der Waals surface area contributed by atoms with Gasteiger partial charge in [0.2, 0.25) is 0 Å². The highest BCUT2D eigenvalue weighted by Crippen LogP contribution is 2.17.